The number of carbonyl (C=O) groups is 5. The Hall–Kier alpha value is -3.07. The van der Waals surface area contributed by atoms with Crippen LogP contribution in [0, 0.1) is 5.92 Å². The number of amides is 3. The Labute approximate surface area is 209 Å². The maximum atomic E-state index is 12.7. The van der Waals surface area contributed by atoms with E-state index < -0.39 is 60.2 Å². The fourth-order valence-corrected chi connectivity index (χ4v) is 3.15. The van der Waals surface area contributed by atoms with Crippen LogP contribution in [0.25, 0.3) is 0 Å². The summed E-state index contributed by atoms with van der Waals surface area (Å²) in [6, 6.07) is -4.71. The second kappa shape index (κ2) is 16.5. The normalized spacial score (nSPS) is 14.2. The molecule has 0 aromatic carbocycles. The second-order valence-corrected chi connectivity index (χ2v) is 8.69. The summed E-state index contributed by atoms with van der Waals surface area (Å²) in [5.74, 6) is -5.04. The van der Waals surface area contributed by atoms with Gasteiger partial charge in [0.2, 0.25) is 17.7 Å². The molecule has 0 aliphatic rings. The molecule has 4 atom stereocenters. The van der Waals surface area contributed by atoms with Gasteiger partial charge in [0.1, 0.15) is 18.1 Å². The summed E-state index contributed by atoms with van der Waals surface area (Å²) in [5, 5.41) is 25.5. The third kappa shape index (κ3) is 14.0. The van der Waals surface area contributed by atoms with Gasteiger partial charge in [-0.1, -0.05) is 13.8 Å². The van der Waals surface area contributed by atoms with Crippen molar-refractivity contribution in [2.24, 2.45) is 28.1 Å². The zero-order valence-electron chi connectivity index (χ0n) is 19.9. The highest BCUT2D eigenvalue weighted by atomic mass is 32.1. The Morgan fingerprint density at radius 2 is 1.43 bits per heavy atom. The number of nitrogens with one attached hydrogen (secondary N) is 3. The molecule has 4 unspecified atom stereocenters. The number of nitrogens with two attached hydrogens (primary N) is 3. The number of carboxylic acid groups (broad SMARTS) is 2. The maximum absolute atomic E-state index is 12.7. The first-order valence-electron chi connectivity index (χ1n) is 11.1. The van der Waals surface area contributed by atoms with Crippen molar-refractivity contribution >= 4 is 48.2 Å². The van der Waals surface area contributed by atoms with Crippen LogP contribution in [-0.4, -0.2) is 82.3 Å². The summed E-state index contributed by atoms with van der Waals surface area (Å²) >= 11 is 4.05. The number of hydrogen-bond donors (Lipinski definition) is 9. The van der Waals surface area contributed by atoms with E-state index in [4.69, 9.17) is 22.3 Å². The van der Waals surface area contributed by atoms with Crippen LogP contribution in [0.4, 0.5) is 0 Å². The number of nitrogens with zero attached hydrogens (tertiary/aromatic N) is 1. The van der Waals surface area contributed by atoms with Gasteiger partial charge >= 0.3 is 11.9 Å². The van der Waals surface area contributed by atoms with Gasteiger partial charge in [-0.2, -0.15) is 12.6 Å². The third-order valence-corrected chi connectivity index (χ3v) is 5.09. The molecular weight excluding hydrogens is 482 g/mol. The molecule has 0 spiro atoms. The number of guanidine groups is 1. The van der Waals surface area contributed by atoms with Crippen LogP contribution in [0.3, 0.4) is 0 Å². The lowest BCUT2D eigenvalue weighted by Crippen LogP contribution is -2.57. The first kappa shape index (κ1) is 31.9. The average Bonchev–Trinajstić information content (AvgIpc) is 2.75. The molecule has 0 bridgehead atoms. The van der Waals surface area contributed by atoms with Gasteiger partial charge in [-0.25, -0.2) is 4.79 Å². The molecule has 0 saturated carbocycles. The Bertz CT molecular complexity index is 775. The molecule has 15 heteroatoms. The van der Waals surface area contributed by atoms with Crippen molar-refractivity contribution in [2.45, 2.75) is 70.1 Å². The van der Waals surface area contributed by atoms with Gasteiger partial charge in [0.05, 0.1) is 6.04 Å². The first-order valence-corrected chi connectivity index (χ1v) is 11.7. The number of thiol groups is 1. The quantitative estimate of drug-likeness (QED) is 0.0431. The van der Waals surface area contributed by atoms with Crippen LogP contribution < -0.4 is 33.2 Å². The average molecular weight is 520 g/mol. The molecular formula is C20H37N7O7S. The summed E-state index contributed by atoms with van der Waals surface area (Å²) < 4.78 is 0. The van der Waals surface area contributed by atoms with Crippen molar-refractivity contribution in [3.05, 3.63) is 0 Å². The van der Waals surface area contributed by atoms with E-state index in [0.29, 0.717) is 6.42 Å². The van der Waals surface area contributed by atoms with E-state index in [1.165, 1.54) is 0 Å². The number of carboxylic acids is 2. The summed E-state index contributed by atoms with van der Waals surface area (Å²) in [6.45, 7) is 3.82. The maximum Gasteiger partial charge on any atom is 0.326 e. The van der Waals surface area contributed by atoms with Gasteiger partial charge < -0.3 is 43.4 Å². The van der Waals surface area contributed by atoms with E-state index in [0.717, 1.165) is 0 Å². The lowest BCUT2D eigenvalue weighted by atomic mass is 10.0. The van der Waals surface area contributed by atoms with Crippen LogP contribution in [0.1, 0.15) is 46.0 Å². The van der Waals surface area contributed by atoms with Crippen molar-refractivity contribution in [1.82, 2.24) is 16.0 Å². The molecule has 200 valence electrons. The largest absolute Gasteiger partial charge is 0.481 e. The smallest absolute Gasteiger partial charge is 0.326 e. The minimum atomic E-state index is -1.35. The van der Waals surface area contributed by atoms with Crippen LogP contribution >= 0.6 is 12.6 Å². The predicted octanol–water partition coefficient (Wildman–Crippen LogP) is -2.25. The molecule has 0 fully saturated rings. The fourth-order valence-electron chi connectivity index (χ4n) is 2.90. The molecule has 0 aliphatic heterocycles. The SMILES string of the molecule is CC(C)CC(NC(=O)C(CCC(=O)O)NC(=O)C(CS)NC(=O)C(N)CCCN=C(N)N)C(=O)O. The number of aliphatic carboxylic acids is 2. The lowest BCUT2D eigenvalue weighted by Gasteiger charge is -2.24. The highest BCUT2D eigenvalue weighted by Gasteiger charge is 2.30. The minimum absolute atomic E-state index is 0.0455. The second-order valence-electron chi connectivity index (χ2n) is 8.32. The van der Waals surface area contributed by atoms with E-state index in [9.17, 15) is 29.1 Å². The number of aliphatic imine (C=N–C) groups is 1. The molecule has 14 nitrogen and oxygen atoms in total. The molecule has 0 aliphatic carbocycles. The summed E-state index contributed by atoms with van der Waals surface area (Å²) in [4.78, 5) is 64.0. The molecule has 35 heavy (non-hydrogen) atoms. The van der Waals surface area contributed by atoms with E-state index >= 15 is 0 Å². The Morgan fingerprint density at radius 3 is 1.91 bits per heavy atom. The van der Waals surface area contributed by atoms with E-state index in [2.05, 4.69) is 33.6 Å². The van der Waals surface area contributed by atoms with Gasteiger partial charge in [0.15, 0.2) is 5.96 Å². The molecule has 3 amide bonds. The lowest BCUT2D eigenvalue weighted by molar-refractivity contribution is -0.143. The number of rotatable bonds is 17. The van der Waals surface area contributed by atoms with Crippen LogP contribution in [0.15, 0.2) is 4.99 Å². The Kier molecular flexibility index (Phi) is 15.1. The van der Waals surface area contributed by atoms with Crippen molar-refractivity contribution in [3.63, 3.8) is 0 Å². The summed E-state index contributed by atoms with van der Waals surface area (Å²) in [6.07, 6.45) is 0.0385. The topological polar surface area (TPSA) is 252 Å². The van der Waals surface area contributed by atoms with Crippen molar-refractivity contribution < 1.29 is 34.2 Å². The summed E-state index contributed by atoms with van der Waals surface area (Å²) in [5.41, 5.74) is 16.3. The van der Waals surface area contributed by atoms with Crippen molar-refractivity contribution in [2.75, 3.05) is 12.3 Å². The monoisotopic (exact) mass is 519 g/mol. The zero-order chi connectivity index (χ0) is 27.1. The predicted molar refractivity (Wildman–Crippen MR) is 131 cm³/mol. The van der Waals surface area contributed by atoms with E-state index in [1.54, 1.807) is 13.8 Å². The van der Waals surface area contributed by atoms with Gasteiger partial charge in [-0.3, -0.25) is 24.2 Å². The molecule has 0 aromatic heterocycles. The van der Waals surface area contributed by atoms with Gasteiger partial charge in [0.25, 0.3) is 0 Å². The molecule has 0 aromatic rings. The molecule has 0 rings (SSSR count). The molecule has 0 heterocycles. The third-order valence-electron chi connectivity index (χ3n) is 4.72. The Balaban J connectivity index is 5.22. The zero-order valence-corrected chi connectivity index (χ0v) is 20.8. The highest BCUT2D eigenvalue weighted by molar-refractivity contribution is 7.80. The number of carbonyl (C=O) groups excluding carboxylic acids is 3. The standard InChI is InChI=1S/C20H37N7O7S/c1-10(2)8-13(19(33)34)26-17(31)12(5-6-15(28)29)25-18(32)14(9-35)27-16(30)11(21)4-3-7-24-20(22)23/h10-14,35H,3-9,21H2,1-2H3,(H,25,32)(H,26,31)(H,27,30)(H,28,29)(H,33,34)(H4,22,23,24). The van der Waals surface area contributed by atoms with E-state index in [1.807, 2.05) is 0 Å². The van der Waals surface area contributed by atoms with Gasteiger partial charge in [0, 0.05) is 18.7 Å². The van der Waals surface area contributed by atoms with Gasteiger partial charge in [-0.15, -0.1) is 0 Å². The molecule has 11 N–H and O–H groups in total. The van der Waals surface area contributed by atoms with Crippen molar-refractivity contribution in [3.8, 4) is 0 Å². The van der Waals surface area contributed by atoms with Crippen LogP contribution in [-0.2, 0) is 24.0 Å². The molecule has 0 radical (unpaired) electrons. The van der Waals surface area contributed by atoms with Crippen molar-refractivity contribution in [1.29, 1.82) is 0 Å². The number of hydrogen-bond acceptors (Lipinski definition) is 8. The minimum Gasteiger partial charge on any atom is -0.481 e. The first-order chi connectivity index (χ1) is 16.3. The van der Waals surface area contributed by atoms with Gasteiger partial charge in [-0.05, 0) is 31.6 Å². The summed E-state index contributed by atoms with van der Waals surface area (Å²) in [7, 11) is 0. The van der Waals surface area contributed by atoms with Crippen LogP contribution in [0.5, 0.6) is 0 Å². The Morgan fingerprint density at radius 1 is 0.886 bits per heavy atom. The van der Waals surface area contributed by atoms with Crippen LogP contribution in [0.2, 0.25) is 0 Å². The molecule has 0 saturated heterocycles. The van der Waals surface area contributed by atoms with E-state index in [-0.39, 0.29) is 43.4 Å². The fraction of sp³-hybridized carbons (Fsp3) is 0.700. The highest BCUT2D eigenvalue weighted by Crippen LogP contribution is 2.07.